The fourth-order valence-electron chi connectivity index (χ4n) is 2.34. The van der Waals surface area contributed by atoms with Gasteiger partial charge in [0, 0.05) is 12.3 Å². The molecule has 0 saturated carbocycles. The van der Waals surface area contributed by atoms with Gasteiger partial charge >= 0.3 is 6.09 Å². The van der Waals surface area contributed by atoms with Gasteiger partial charge in [0.15, 0.2) is 15.0 Å². The van der Waals surface area contributed by atoms with Crippen molar-refractivity contribution in [2.75, 3.05) is 25.1 Å². The van der Waals surface area contributed by atoms with Crippen LogP contribution in [0.25, 0.3) is 0 Å². The van der Waals surface area contributed by atoms with Gasteiger partial charge in [0.25, 0.3) is 5.91 Å². The van der Waals surface area contributed by atoms with Gasteiger partial charge in [0.2, 0.25) is 0 Å². The number of amides is 2. The van der Waals surface area contributed by atoms with Crippen LogP contribution in [-0.2, 0) is 19.4 Å². The molecule has 2 amide bonds. The molecule has 2 aliphatic heterocycles. The number of fused-ring (bicyclic) bond motifs is 1. The summed E-state index contributed by atoms with van der Waals surface area (Å²) in [5.74, 6) is -0.311. The number of nitrogens with one attached hydrogen (secondary N) is 1. The van der Waals surface area contributed by atoms with Gasteiger partial charge in [-0.3, -0.25) is 4.79 Å². The van der Waals surface area contributed by atoms with Crippen molar-refractivity contribution in [1.82, 2.24) is 10.2 Å². The number of hydrogen-bond donors (Lipinski definition) is 1. The number of nitrogens with zero attached hydrogens (tertiary/aromatic N) is 2. The van der Waals surface area contributed by atoms with Gasteiger partial charge in [-0.1, -0.05) is 11.8 Å². The molecular weight excluding hydrogens is 342 g/mol. The third-order valence-corrected chi connectivity index (χ3v) is 6.63. The maximum Gasteiger partial charge on any atom is 0.408 e. The monoisotopic (exact) mass is 363 g/mol. The second-order valence-electron chi connectivity index (χ2n) is 6.56. The van der Waals surface area contributed by atoms with E-state index in [1.165, 1.54) is 11.8 Å². The van der Waals surface area contributed by atoms with E-state index in [0.717, 1.165) is 0 Å². The van der Waals surface area contributed by atoms with Gasteiger partial charge in [-0.2, -0.15) is 4.99 Å². The van der Waals surface area contributed by atoms with E-state index in [2.05, 4.69) is 10.3 Å². The summed E-state index contributed by atoms with van der Waals surface area (Å²) in [6.07, 6.45) is -0.679. The lowest BCUT2D eigenvalue weighted by Crippen LogP contribution is -2.36. The average Bonchev–Trinajstić information content (AvgIpc) is 2.80. The van der Waals surface area contributed by atoms with Crippen LogP contribution in [0, 0.1) is 0 Å². The van der Waals surface area contributed by atoms with Crippen molar-refractivity contribution in [1.29, 1.82) is 0 Å². The first-order valence-electron chi connectivity index (χ1n) is 7.15. The predicted octanol–water partition coefficient (Wildman–Crippen LogP) is 0.238. The third kappa shape index (κ3) is 4.84. The van der Waals surface area contributed by atoms with Gasteiger partial charge in [0.1, 0.15) is 12.1 Å². The quantitative estimate of drug-likeness (QED) is 0.749. The second-order valence-corrected chi connectivity index (χ2v) is 9.92. The number of hydrogen-bond acceptors (Lipinski definition) is 6. The molecule has 1 N–H and O–H groups in total. The number of alkyl carbamates (subject to hydrolysis) is 1. The van der Waals surface area contributed by atoms with Gasteiger partial charge in [-0.05, 0) is 20.8 Å². The molecule has 2 unspecified atom stereocenters. The van der Waals surface area contributed by atoms with Crippen molar-refractivity contribution >= 4 is 38.8 Å². The zero-order chi connectivity index (χ0) is 17.4. The maximum atomic E-state index is 11.8. The van der Waals surface area contributed by atoms with Crippen molar-refractivity contribution < 1.29 is 22.7 Å². The Bertz CT molecular complexity index is 638. The fraction of sp³-hybridized carbons (Fsp3) is 0.769. The summed E-state index contributed by atoms with van der Waals surface area (Å²) in [4.78, 5) is 29.0. The van der Waals surface area contributed by atoms with Crippen molar-refractivity contribution in [2.24, 2.45) is 4.99 Å². The van der Waals surface area contributed by atoms with E-state index < -0.39 is 27.4 Å². The SMILES string of the molecule is CN1C(=NC(=O)CNC(=O)OC(C)(C)C)SC2CS(=O)(=O)CC21. The first-order valence-corrected chi connectivity index (χ1v) is 9.85. The van der Waals surface area contributed by atoms with Gasteiger partial charge < -0.3 is 15.0 Å². The Labute approximate surface area is 139 Å². The van der Waals surface area contributed by atoms with Crippen LogP contribution in [-0.4, -0.2) is 72.5 Å². The Balaban J connectivity index is 1.88. The number of sulfone groups is 1. The first kappa shape index (κ1) is 18.1. The summed E-state index contributed by atoms with van der Waals surface area (Å²) < 4.78 is 28.2. The van der Waals surface area contributed by atoms with E-state index in [9.17, 15) is 18.0 Å². The van der Waals surface area contributed by atoms with Crippen LogP contribution in [0.4, 0.5) is 4.79 Å². The molecule has 8 nitrogen and oxygen atoms in total. The molecule has 0 aromatic rings. The number of thioether (sulfide) groups is 1. The molecule has 0 aromatic carbocycles. The minimum Gasteiger partial charge on any atom is -0.444 e. The van der Waals surface area contributed by atoms with Crippen LogP contribution in [0.3, 0.4) is 0 Å². The van der Waals surface area contributed by atoms with Crippen LogP contribution in [0.1, 0.15) is 20.8 Å². The highest BCUT2D eigenvalue weighted by Crippen LogP contribution is 2.36. The van der Waals surface area contributed by atoms with Crippen LogP contribution in [0.15, 0.2) is 4.99 Å². The number of ether oxygens (including phenoxy) is 1. The Morgan fingerprint density at radius 2 is 2.04 bits per heavy atom. The van der Waals surface area contributed by atoms with Crippen molar-refractivity contribution in [2.45, 2.75) is 37.7 Å². The number of carbonyl (C=O) groups is 2. The van der Waals surface area contributed by atoms with Gasteiger partial charge in [-0.25, -0.2) is 13.2 Å². The summed E-state index contributed by atoms with van der Waals surface area (Å²) >= 11 is 1.30. The maximum absolute atomic E-state index is 11.8. The standard InChI is InChI=1S/C13H21N3O5S2/c1-13(2,3)21-12(18)14-5-10(17)15-11-16(4)8-6-23(19,20)7-9(8)22-11/h8-9H,5-7H2,1-4H3,(H,14,18). The summed E-state index contributed by atoms with van der Waals surface area (Å²) in [6.45, 7) is 4.92. The van der Waals surface area contributed by atoms with Crippen LogP contribution in [0.2, 0.25) is 0 Å². The van der Waals surface area contributed by atoms with E-state index in [4.69, 9.17) is 4.74 Å². The van der Waals surface area contributed by atoms with E-state index in [1.807, 2.05) is 0 Å². The Kier molecular flexibility index (Phi) is 4.95. The van der Waals surface area contributed by atoms with Crippen LogP contribution >= 0.6 is 11.8 Å². The lowest BCUT2D eigenvalue weighted by molar-refractivity contribution is -0.117. The van der Waals surface area contributed by atoms with Gasteiger partial charge in [-0.15, -0.1) is 0 Å². The Morgan fingerprint density at radius 1 is 1.39 bits per heavy atom. The molecule has 0 radical (unpaired) electrons. The van der Waals surface area contributed by atoms with E-state index in [-0.39, 0.29) is 29.3 Å². The predicted molar refractivity (Wildman–Crippen MR) is 88.3 cm³/mol. The highest BCUT2D eigenvalue weighted by molar-refractivity contribution is 8.15. The minimum absolute atomic E-state index is 0.0876. The molecule has 10 heteroatoms. The molecular formula is C13H21N3O5S2. The third-order valence-electron chi connectivity index (χ3n) is 3.33. The number of rotatable bonds is 2. The Morgan fingerprint density at radius 3 is 2.61 bits per heavy atom. The number of amidine groups is 1. The molecule has 23 heavy (non-hydrogen) atoms. The lowest BCUT2D eigenvalue weighted by Gasteiger charge is -2.19. The zero-order valence-corrected chi connectivity index (χ0v) is 15.2. The van der Waals surface area contributed by atoms with Crippen molar-refractivity contribution in [3.63, 3.8) is 0 Å². The lowest BCUT2D eigenvalue weighted by atomic mass is 10.2. The zero-order valence-electron chi connectivity index (χ0n) is 13.5. The molecule has 0 bridgehead atoms. The van der Waals surface area contributed by atoms with Gasteiger partial charge in [0.05, 0.1) is 17.5 Å². The smallest absolute Gasteiger partial charge is 0.408 e. The summed E-state index contributed by atoms with van der Waals surface area (Å²) in [5.41, 5.74) is -0.635. The highest BCUT2D eigenvalue weighted by atomic mass is 32.2. The highest BCUT2D eigenvalue weighted by Gasteiger charge is 2.47. The number of carbonyl (C=O) groups excluding carboxylic acids is 2. The molecule has 0 aliphatic carbocycles. The normalized spacial score (nSPS) is 27.8. The molecule has 2 atom stereocenters. The van der Waals surface area contributed by atoms with Crippen LogP contribution in [0.5, 0.6) is 0 Å². The van der Waals surface area contributed by atoms with E-state index >= 15 is 0 Å². The van der Waals surface area contributed by atoms with E-state index in [0.29, 0.717) is 5.17 Å². The molecule has 2 rings (SSSR count). The Hall–Kier alpha value is -1.29. The number of aliphatic imine (C=N–C) groups is 1. The summed E-state index contributed by atoms with van der Waals surface area (Å²) in [7, 11) is -1.28. The van der Waals surface area contributed by atoms with Crippen molar-refractivity contribution in [3.05, 3.63) is 0 Å². The van der Waals surface area contributed by atoms with Crippen molar-refractivity contribution in [3.8, 4) is 0 Å². The molecule has 0 aromatic heterocycles. The summed E-state index contributed by atoms with van der Waals surface area (Å²) in [5, 5.41) is 2.75. The molecule has 2 aliphatic rings. The molecule has 2 saturated heterocycles. The van der Waals surface area contributed by atoms with E-state index in [1.54, 1.807) is 32.7 Å². The topological polar surface area (TPSA) is 105 Å². The second kappa shape index (κ2) is 6.31. The summed E-state index contributed by atoms with van der Waals surface area (Å²) in [6, 6.07) is -0.143. The molecule has 2 heterocycles. The molecule has 2 fully saturated rings. The first-order chi connectivity index (χ1) is 10.5. The molecule has 0 spiro atoms. The minimum atomic E-state index is -3.01. The fourth-order valence-corrected chi connectivity index (χ4v) is 6.36. The molecule has 130 valence electrons. The van der Waals surface area contributed by atoms with Crippen LogP contribution < -0.4 is 5.32 Å². The largest absolute Gasteiger partial charge is 0.444 e. The average molecular weight is 363 g/mol.